The molecule has 2 fully saturated rings. The van der Waals surface area contributed by atoms with Crippen LogP contribution in [0.3, 0.4) is 0 Å². The molecule has 2 saturated heterocycles. The van der Waals surface area contributed by atoms with Crippen LogP contribution >= 0.6 is 0 Å². The molecule has 0 saturated carbocycles. The number of aliphatic hydroxyl groups excluding tert-OH is 1. The van der Waals surface area contributed by atoms with Gasteiger partial charge in [-0.3, -0.25) is 14.4 Å². The Hall–Kier alpha value is -4.81. The molecule has 298 valence electrons. The second-order valence-electron chi connectivity index (χ2n) is 16.8. The van der Waals surface area contributed by atoms with E-state index in [1.165, 1.54) is 5.19 Å². The van der Waals surface area contributed by atoms with Crippen molar-refractivity contribution in [1.29, 1.82) is 0 Å². The Bertz CT molecular complexity index is 2120. The van der Waals surface area contributed by atoms with E-state index in [4.69, 9.17) is 9.47 Å². The van der Waals surface area contributed by atoms with Crippen LogP contribution in [0.25, 0.3) is 0 Å². The fraction of sp³-hybridized carbons (Fsp3) is 0.413. The number of ether oxygens (including phenoxy) is 2. The van der Waals surface area contributed by atoms with Crippen LogP contribution in [0.1, 0.15) is 48.4 Å². The molecule has 1 spiro atoms. The number of hydrogen-bond acceptors (Lipinski definition) is 7. The number of methoxy groups -OCH3 is 1. The largest absolute Gasteiger partial charge is 0.497 e. The number of carbonyl (C=O) groups is 3. The SMILES string of the molecule is COc1ccc([Si](C)(C)[C@@H]2[C@@H](CC(=O)N3Cc4ccccc4C[C@H]3CO)O[C@]3(C(=O)N(Cc4ccccc4)c4ccc(NC(=O)C5CCCNC5)cc43)[C@H]2C)cc1. The second kappa shape index (κ2) is 15.9. The minimum Gasteiger partial charge on any atom is -0.497 e. The second-order valence-corrected chi connectivity index (χ2v) is 21.5. The fourth-order valence-electron chi connectivity index (χ4n) is 10.2. The van der Waals surface area contributed by atoms with Gasteiger partial charge in [0, 0.05) is 30.3 Å². The van der Waals surface area contributed by atoms with Crippen molar-refractivity contribution in [3.63, 3.8) is 0 Å². The van der Waals surface area contributed by atoms with Crippen LogP contribution in [0, 0.1) is 11.8 Å². The van der Waals surface area contributed by atoms with E-state index in [0.717, 1.165) is 53.1 Å². The molecule has 3 N–H and O–H groups in total. The number of hydrogen-bond donors (Lipinski definition) is 3. The number of aliphatic hydroxyl groups is 1. The van der Waals surface area contributed by atoms with Gasteiger partial charge in [-0.05, 0) is 78.4 Å². The molecule has 0 bridgehead atoms. The summed E-state index contributed by atoms with van der Waals surface area (Å²) in [6.45, 7) is 8.88. The molecule has 4 heterocycles. The molecule has 1 unspecified atom stereocenters. The predicted molar refractivity (Wildman–Crippen MR) is 224 cm³/mol. The molecular weight excluding hydrogens is 733 g/mol. The molecule has 3 amide bonds. The first-order chi connectivity index (χ1) is 27.5. The smallest absolute Gasteiger partial charge is 0.264 e. The van der Waals surface area contributed by atoms with Crippen molar-refractivity contribution in [2.75, 3.05) is 37.0 Å². The highest BCUT2D eigenvalue weighted by Crippen LogP contribution is 2.60. The van der Waals surface area contributed by atoms with Crippen molar-refractivity contribution < 1.29 is 29.0 Å². The number of rotatable bonds is 10. The number of amides is 3. The van der Waals surface area contributed by atoms with E-state index >= 15 is 4.79 Å². The lowest BCUT2D eigenvalue weighted by molar-refractivity contribution is -0.151. The highest BCUT2D eigenvalue weighted by Gasteiger charge is 2.66. The molecule has 0 radical (unpaired) electrons. The van der Waals surface area contributed by atoms with Crippen LogP contribution in [0.2, 0.25) is 18.6 Å². The van der Waals surface area contributed by atoms with Crippen molar-refractivity contribution in [3.8, 4) is 5.75 Å². The van der Waals surface area contributed by atoms with Gasteiger partial charge in [-0.2, -0.15) is 0 Å². The normalized spacial score (nSPS) is 25.6. The first kappa shape index (κ1) is 39.0. The van der Waals surface area contributed by atoms with Crippen LogP contribution in [0.15, 0.2) is 97.1 Å². The molecule has 4 aliphatic rings. The minimum atomic E-state index is -2.56. The molecule has 11 heteroatoms. The summed E-state index contributed by atoms with van der Waals surface area (Å²) in [7, 11) is -0.904. The summed E-state index contributed by atoms with van der Waals surface area (Å²) >= 11 is 0. The Morgan fingerprint density at radius 2 is 1.74 bits per heavy atom. The van der Waals surface area contributed by atoms with Gasteiger partial charge in [0.2, 0.25) is 11.8 Å². The van der Waals surface area contributed by atoms with E-state index in [9.17, 15) is 14.7 Å². The summed E-state index contributed by atoms with van der Waals surface area (Å²) in [4.78, 5) is 47.3. The summed E-state index contributed by atoms with van der Waals surface area (Å²) in [6, 6.07) is 31.6. The summed E-state index contributed by atoms with van der Waals surface area (Å²) in [6.07, 6.45) is 1.80. The van der Waals surface area contributed by atoms with Crippen molar-refractivity contribution in [3.05, 3.63) is 119 Å². The molecule has 6 atom stereocenters. The van der Waals surface area contributed by atoms with E-state index in [0.29, 0.717) is 31.7 Å². The maximum Gasteiger partial charge on any atom is 0.264 e. The Balaban J connectivity index is 1.21. The number of nitrogens with one attached hydrogen (secondary N) is 2. The Labute approximate surface area is 336 Å². The van der Waals surface area contributed by atoms with E-state index < -0.39 is 19.8 Å². The quantitative estimate of drug-likeness (QED) is 0.176. The average molecular weight is 787 g/mol. The first-order valence-electron chi connectivity index (χ1n) is 20.4. The number of benzene rings is 4. The van der Waals surface area contributed by atoms with Gasteiger partial charge in [-0.25, -0.2) is 0 Å². The monoisotopic (exact) mass is 786 g/mol. The molecule has 8 rings (SSSR count). The number of anilines is 2. The van der Waals surface area contributed by atoms with Gasteiger partial charge in [0.25, 0.3) is 5.91 Å². The van der Waals surface area contributed by atoms with Gasteiger partial charge in [-0.1, -0.05) is 91.9 Å². The number of piperidine rings is 1. The van der Waals surface area contributed by atoms with Crippen LogP contribution in [-0.2, 0) is 44.2 Å². The number of fused-ring (bicyclic) bond motifs is 3. The summed E-state index contributed by atoms with van der Waals surface area (Å²) < 4.78 is 12.9. The van der Waals surface area contributed by atoms with E-state index in [-0.39, 0.29) is 54.2 Å². The topological polar surface area (TPSA) is 120 Å². The Kier molecular flexibility index (Phi) is 10.9. The molecule has 4 aromatic carbocycles. The third kappa shape index (κ3) is 7.09. The van der Waals surface area contributed by atoms with Crippen LogP contribution in [-0.4, -0.2) is 74.8 Å². The van der Waals surface area contributed by atoms with E-state index in [1.54, 1.807) is 12.0 Å². The fourth-order valence-corrected chi connectivity index (χ4v) is 14.2. The Morgan fingerprint density at radius 3 is 2.44 bits per heavy atom. The van der Waals surface area contributed by atoms with Gasteiger partial charge in [0.15, 0.2) is 5.60 Å². The van der Waals surface area contributed by atoms with Gasteiger partial charge >= 0.3 is 0 Å². The highest BCUT2D eigenvalue weighted by molar-refractivity contribution is 6.91. The third-order valence-electron chi connectivity index (χ3n) is 13.2. The third-order valence-corrected chi connectivity index (χ3v) is 17.6. The average Bonchev–Trinajstić information content (AvgIpc) is 3.66. The maximum absolute atomic E-state index is 15.4. The number of nitrogens with zero attached hydrogens (tertiary/aromatic N) is 2. The summed E-state index contributed by atoms with van der Waals surface area (Å²) in [5.41, 5.74) is 3.71. The number of carbonyl (C=O) groups excluding carboxylic acids is 3. The van der Waals surface area contributed by atoms with Crippen LogP contribution < -0.4 is 25.5 Å². The maximum atomic E-state index is 15.4. The van der Waals surface area contributed by atoms with E-state index in [2.05, 4.69) is 48.9 Å². The summed E-state index contributed by atoms with van der Waals surface area (Å²) in [5.74, 6) is -0.0182. The zero-order valence-corrected chi connectivity index (χ0v) is 34.4. The predicted octanol–water partition coefficient (Wildman–Crippen LogP) is 5.73. The van der Waals surface area contributed by atoms with Crippen molar-refractivity contribution in [1.82, 2.24) is 10.2 Å². The van der Waals surface area contributed by atoms with E-state index in [1.807, 2.05) is 83.8 Å². The molecule has 0 aromatic heterocycles. The minimum absolute atomic E-state index is 0.0435. The Morgan fingerprint density at radius 1 is 1.00 bits per heavy atom. The van der Waals surface area contributed by atoms with Gasteiger partial charge in [0.1, 0.15) is 5.75 Å². The van der Waals surface area contributed by atoms with Crippen molar-refractivity contribution in [2.24, 2.45) is 11.8 Å². The van der Waals surface area contributed by atoms with Gasteiger partial charge in [0.05, 0.1) is 58.5 Å². The molecule has 10 nitrogen and oxygen atoms in total. The standard InChI is InChI=1S/C46H54N4O6Si/c1-30-43(57(3,4)38-19-17-37(55-2)18-20-38)41(25-42(52)49-28-34-14-9-8-13-32(34)23-36(49)29-51)56-46(30)39-24-35(48-44(53)33-15-10-22-47-26-33)16-21-40(39)50(45(46)54)27-31-11-6-5-7-12-31/h5-9,11-14,16-21,24,30,33,36,41,43,47,51H,10,15,22-23,25-29H2,1-4H3,(H,48,53)/t30-,33?,36-,41+,43-,46+/m0/s1. The molecule has 4 aliphatic heterocycles. The van der Waals surface area contributed by atoms with Crippen LogP contribution in [0.4, 0.5) is 11.4 Å². The molecule has 0 aliphatic carbocycles. The summed E-state index contributed by atoms with van der Waals surface area (Å²) in [5, 5.41) is 18.2. The lowest BCUT2D eigenvalue weighted by atomic mass is 9.82. The van der Waals surface area contributed by atoms with Crippen LogP contribution in [0.5, 0.6) is 5.75 Å². The van der Waals surface area contributed by atoms with Gasteiger partial charge in [-0.15, -0.1) is 0 Å². The van der Waals surface area contributed by atoms with Crippen molar-refractivity contribution >= 4 is 42.4 Å². The lowest BCUT2D eigenvalue weighted by Gasteiger charge is -2.39. The highest BCUT2D eigenvalue weighted by atomic mass is 28.3. The first-order valence-corrected chi connectivity index (χ1v) is 23.4. The van der Waals surface area contributed by atoms with Gasteiger partial charge < -0.3 is 35.0 Å². The molecule has 57 heavy (non-hydrogen) atoms. The van der Waals surface area contributed by atoms with Crippen molar-refractivity contribution in [2.45, 2.75) is 82.1 Å². The zero-order valence-electron chi connectivity index (χ0n) is 33.4. The lowest BCUT2D eigenvalue weighted by Crippen LogP contribution is -2.52. The zero-order chi connectivity index (χ0) is 39.9. The molecule has 4 aromatic rings. The molecular formula is C46H54N4O6Si.